The molecule has 0 saturated carbocycles. The predicted molar refractivity (Wildman–Crippen MR) is 93.9 cm³/mol. The van der Waals surface area contributed by atoms with Gasteiger partial charge in [-0.3, -0.25) is 23.9 Å². The molecule has 0 N–H and O–H groups in total. The Hall–Kier alpha value is -3.30. The Kier molecular flexibility index (Phi) is 4.53. The summed E-state index contributed by atoms with van der Waals surface area (Å²) in [7, 11) is 0. The number of rotatable bonds is 4. The fraction of sp³-hybridized carbons (Fsp3) is 0.412. The molecule has 2 fully saturated rings. The van der Waals surface area contributed by atoms with Crippen molar-refractivity contribution in [1.82, 2.24) is 29.5 Å². The van der Waals surface area contributed by atoms with E-state index in [1.165, 1.54) is 0 Å². The van der Waals surface area contributed by atoms with Crippen LogP contribution in [0, 0.1) is 0 Å². The second kappa shape index (κ2) is 7.14. The number of aromatic nitrogens is 4. The maximum atomic E-state index is 12.4. The van der Waals surface area contributed by atoms with E-state index in [2.05, 4.69) is 20.1 Å². The Balaban J connectivity index is 1.33. The Morgan fingerprint density at radius 3 is 2.22 bits per heavy atom. The van der Waals surface area contributed by atoms with Crippen molar-refractivity contribution in [3.05, 3.63) is 30.9 Å². The van der Waals surface area contributed by atoms with Crippen LogP contribution in [-0.4, -0.2) is 80.0 Å². The zero-order valence-electron chi connectivity index (χ0n) is 14.7. The summed E-state index contributed by atoms with van der Waals surface area (Å²) in [6, 6.07) is 3.76. The van der Waals surface area contributed by atoms with Gasteiger partial charge in [0, 0.05) is 51.4 Å². The first-order valence-corrected chi connectivity index (χ1v) is 8.80. The molecule has 2 aromatic rings. The van der Waals surface area contributed by atoms with Gasteiger partial charge >= 0.3 is 0 Å². The van der Waals surface area contributed by atoms with Crippen LogP contribution in [0.25, 0.3) is 5.82 Å². The molecule has 0 unspecified atom stereocenters. The van der Waals surface area contributed by atoms with Crippen molar-refractivity contribution in [3.63, 3.8) is 0 Å². The molecule has 2 saturated heterocycles. The number of hydrogen-bond donors (Lipinski definition) is 0. The van der Waals surface area contributed by atoms with Crippen molar-refractivity contribution in [2.75, 3.05) is 37.6 Å². The summed E-state index contributed by atoms with van der Waals surface area (Å²) in [5.74, 6) is 0.709. The van der Waals surface area contributed by atoms with Gasteiger partial charge in [0.15, 0.2) is 11.6 Å². The first kappa shape index (κ1) is 17.1. The third kappa shape index (κ3) is 3.50. The fourth-order valence-electron chi connectivity index (χ4n) is 3.24. The standard InChI is InChI=1S/C17H19N7O3/c25-15-3-4-16(26)24(15)11-17(27)22-9-7-21(8-10-22)13-1-2-14(20-19-13)23-6-5-18-12-23/h1-2,5-6,12H,3-4,7-11H2. The monoisotopic (exact) mass is 369 g/mol. The molecule has 2 aliphatic rings. The molecule has 2 aliphatic heterocycles. The van der Waals surface area contributed by atoms with Crippen molar-refractivity contribution in [2.24, 2.45) is 0 Å². The van der Waals surface area contributed by atoms with Crippen molar-refractivity contribution in [3.8, 4) is 5.82 Å². The molecule has 0 aromatic carbocycles. The number of hydrogen-bond acceptors (Lipinski definition) is 7. The summed E-state index contributed by atoms with van der Waals surface area (Å²) < 4.78 is 1.77. The predicted octanol–water partition coefficient (Wildman–Crippen LogP) is -0.540. The summed E-state index contributed by atoms with van der Waals surface area (Å²) in [5.41, 5.74) is 0. The average Bonchev–Trinajstić information content (AvgIpc) is 3.34. The van der Waals surface area contributed by atoms with E-state index >= 15 is 0 Å². The third-order valence-electron chi connectivity index (χ3n) is 4.81. The molecular formula is C17H19N7O3. The number of piperazine rings is 1. The Bertz CT molecular complexity index is 826. The third-order valence-corrected chi connectivity index (χ3v) is 4.81. The SMILES string of the molecule is O=C(CN1C(=O)CCC1=O)N1CCN(c2ccc(-n3ccnc3)nn2)CC1. The largest absolute Gasteiger partial charge is 0.352 e. The fourth-order valence-corrected chi connectivity index (χ4v) is 3.24. The smallest absolute Gasteiger partial charge is 0.242 e. The normalized spacial score (nSPS) is 17.7. The second-order valence-electron chi connectivity index (χ2n) is 6.46. The average molecular weight is 369 g/mol. The lowest BCUT2D eigenvalue weighted by Gasteiger charge is -2.35. The maximum Gasteiger partial charge on any atom is 0.242 e. The molecule has 140 valence electrons. The van der Waals surface area contributed by atoms with Crippen molar-refractivity contribution in [1.29, 1.82) is 0 Å². The van der Waals surface area contributed by atoms with Crippen LogP contribution in [-0.2, 0) is 14.4 Å². The minimum atomic E-state index is -0.264. The lowest BCUT2D eigenvalue weighted by molar-refractivity contribution is -0.145. The lowest BCUT2D eigenvalue weighted by atomic mass is 10.3. The molecule has 0 aliphatic carbocycles. The topological polar surface area (TPSA) is 105 Å². The molecule has 4 heterocycles. The van der Waals surface area contributed by atoms with Crippen molar-refractivity contribution in [2.45, 2.75) is 12.8 Å². The first-order valence-electron chi connectivity index (χ1n) is 8.80. The summed E-state index contributed by atoms with van der Waals surface area (Å²) in [6.45, 7) is 2.11. The molecule has 0 atom stereocenters. The van der Waals surface area contributed by atoms with E-state index < -0.39 is 0 Å². The van der Waals surface area contributed by atoms with E-state index in [9.17, 15) is 14.4 Å². The number of imidazole rings is 1. The summed E-state index contributed by atoms with van der Waals surface area (Å²) in [6.07, 6.45) is 5.53. The van der Waals surface area contributed by atoms with Crippen LogP contribution in [0.15, 0.2) is 30.9 Å². The second-order valence-corrected chi connectivity index (χ2v) is 6.46. The molecule has 0 radical (unpaired) electrons. The molecule has 27 heavy (non-hydrogen) atoms. The van der Waals surface area contributed by atoms with E-state index in [0.29, 0.717) is 32.0 Å². The zero-order chi connectivity index (χ0) is 18.8. The van der Waals surface area contributed by atoms with Gasteiger partial charge in [0.1, 0.15) is 12.9 Å². The van der Waals surface area contributed by atoms with Crippen LogP contribution in [0.5, 0.6) is 0 Å². The number of nitrogens with zero attached hydrogens (tertiary/aromatic N) is 7. The van der Waals surface area contributed by atoms with Gasteiger partial charge in [0.05, 0.1) is 0 Å². The molecule has 10 nitrogen and oxygen atoms in total. The van der Waals surface area contributed by atoms with E-state index in [4.69, 9.17) is 0 Å². The zero-order valence-corrected chi connectivity index (χ0v) is 14.7. The minimum absolute atomic E-state index is 0.156. The van der Waals surface area contributed by atoms with E-state index in [1.54, 1.807) is 28.2 Å². The quantitative estimate of drug-likeness (QED) is 0.667. The van der Waals surface area contributed by atoms with E-state index in [-0.39, 0.29) is 37.1 Å². The molecule has 3 amide bonds. The van der Waals surface area contributed by atoms with E-state index in [1.807, 2.05) is 12.1 Å². The Labute approximate surface area is 155 Å². The highest BCUT2D eigenvalue weighted by Gasteiger charge is 2.32. The Morgan fingerprint density at radius 2 is 1.63 bits per heavy atom. The van der Waals surface area contributed by atoms with Crippen LogP contribution < -0.4 is 4.90 Å². The van der Waals surface area contributed by atoms with Gasteiger partial charge in [-0.2, -0.15) is 0 Å². The Morgan fingerprint density at radius 1 is 0.963 bits per heavy atom. The molecule has 0 bridgehead atoms. The van der Waals surface area contributed by atoms with Gasteiger partial charge in [-0.05, 0) is 12.1 Å². The number of carbonyl (C=O) groups excluding carboxylic acids is 3. The molecule has 0 spiro atoms. The van der Waals surface area contributed by atoms with Crippen LogP contribution in [0.4, 0.5) is 5.82 Å². The molecular weight excluding hydrogens is 350 g/mol. The van der Waals surface area contributed by atoms with Gasteiger partial charge in [-0.1, -0.05) is 0 Å². The highest BCUT2D eigenvalue weighted by Crippen LogP contribution is 2.16. The van der Waals surface area contributed by atoms with Gasteiger partial charge in [0.25, 0.3) is 0 Å². The molecule has 2 aromatic heterocycles. The molecule has 4 rings (SSSR count). The number of anilines is 1. The van der Waals surface area contributed by atoms with Crippen LogP contribution in [0.2, 0.25) is 0 Å². The number of amides is 3. The van der Waals surface area contributed by atoms with Crippen LogP contribution in [0.3, 0.4) is 0 Å². The summed E-state index contributed by atoms with van der Waals surface area (Å²) in [5, 5.41) is 8.46. The minimum Gasteiger partial charge on any atom is -0.352 e. The van der Waals surface area contributed by atoms with E-state index in [0.717, 1.165) is 10.7 Å². The van der Waals surface area contributed by atoms with Crippen LogP contribution >= 0.6 is 0 Å². The van der Waals surface area contributed by atoms with Gasteiger partial charge < -0.3 is 9.80 Å². The number of carbonyl (C=O) groups is 3. The lowest BCUT2D eigenvalue weighted by Crippen LogP contribution is -2.52. The maximum absolute atomic E-state index is 12.4. The van der Waals surface area contributed by atoms with Gasteiger partial charge in [-0.15, -0.1) is 10.2 Å². The number of likely N-dealkylation sites (tertiary alicyclic amines) is 1. The number of imide groups is 1. The summed E-state index contributed by atoms with van der Waals surface area (Å²) in [4.78, 5) is 44.5. The van der Waals surface area contributed by atoms with Crippen LogP contribution in [0.1, 0.15) is 12.8 Å². The highest BCUT2D eigenvalue weighted by atomic mass is 16.2. The molecule has 10 heteroatoms. The highest BCUT2D eigenvalue weighted by molar-refractivity contribution is 6.04. The van der Waals surface area contributed by atoms with Gasteiger partial charge in [0.2, 0.25) is 17.7 Å². The van der Waals surface area contributed by atoms with Crippen molar-refractivity contribution >= 4 is 23.5 Å². The van der Waals surface area contributed by atoms with Crippen molar-refractivity contribution < 1.29 is 14.4 Å². The first-order chi connectivity index (χ1) is 13.1. The van der Waals surface area contributed by atoms with Gasteiger partial charge in [-0.25, -0.2) is 4.98 Å². The summed E-state index contributed by atoms with van der Waals surface area (Å²) >= 11 is 0.